The van der Waals surface area contributed by atoms with Crippen LogP contribution < -0.4 is 15.4 Å². The first-order valence-corrected chi connectivity index (χ1v) is 8.62. The normalized spacial score (nSPS) is 19.7. The Morgan fingerprint density at radius 2 is 1.81 bits per heavy atom. The maximum atomic E-state index is 13.6. The van der Waals surface area contributed by atoms with Crippen LogP contribution in [0.2, 0.25) is 0 Å². The highest BCUT2D eigenvalue weighted by atomic mass is 19.1. The highest BCUT2D eigenvalue weighted by Gasteiger charge is 2.24. The third kappa shape index (κ3) is 4.68. The zero-order chi connectivity index (χ0) is 18.5. The van der Waals surface area contributed by atoms with E-state index >= 15 is 0 Å². The van der Waals surface area contributed by atoms with Gasteiger partial charge in [-0.2, -0.15) is 0 Å². The van der Waals surface area contributed by atoms with Gasteiger partial charge in [0, 0.05) is 18.3 Å². The van der Waals surface area contributed by atoms with Crippen molar-refractivity contribution in [1.29, 1.82) is 0 Å². The molecule has 1 aromatic heterocycles. The van der Waals surface area contributed by atoms with Gasteiger partial charge in [0.1, 0.15) is 23.4 Å². The molecule has 1 heterocycles. The number of nitrogens with one attached hydrogen (secondary N) is 2. The number of rotatable bonds is 4. The van der Waals surface area contributed by atoms with Crippen molar-refractivity contribution in [3.63, 3.8) is 0 Å². The van der Waals surface area contributed by atoms with E-state index in [1.165, 1.54) is 6.07 Å². The average Bonchev–Trinajstić information content (AvgIpc) is 2.62. The topological polar surface area (TPSA) is 63.2 Å². The van der Waals surface area contributed by atoms with Gasteiger partial charge in [-0.3, -0.25) is 0 Å². The number of amides is 2. The maximum Gasteiger partial charge on any atom is 0.319 e. The lowest BCUT2D eigenvalue weighted by atomic mass is 9.93. The minimum atomic E-state index is -0.803. The van der Waals surface area contributed by atoms with E-state index in [0.717, 1.165) is 43.4 Å². The lowest BCUT2D eigenvalue weighted by Gasteiger charge is -2.29. The third-order valence-electron chi connectivity index (χ3n) is 4.38. The fourth-order valence-corrected chi connectivity index (χ4v) is 2.97. The summed E-state index contributed by atoms with van der Waals surface area (Å²) >= 11 is 0. The van der Waals surface area contributed by atoms with Crippen molar-refractivity contribution in [1.82, 2.24) is 10.3 Å². The zero-order valence-corrected chi connectivity index (χ0v) is 14.5. The van der Waals surface area contributed by atoms with Crippen molar-refractivity contribution in [2.45, 2.75) is 44.8 Å². The van der Waals surface area contributed by atoms with Crippen LogP contribution in [0.15, 0.2) is 36.5 Å². The average molecular weight is 361 g/mol. The van der Waals surface area contributed by atoms with Crippen LogP contribution >= 0.6 is 0 Å². The largest absolute Gasteiger partial charge is 0.474 e. The first kappa shape index (κ1) is 18.1. The Kier molecular flexibility index (Phi) is 5.65. The Bertz CT molecular complexity index is 740. The summed E-state index contributed by atoms with van der Waals surface area (Å²) in [5.74, 6) is -1.01. The number of pyridine rings is 1. The van der Waals surface area contributed by atoms with Crippen LogP contribution in [0.25, 0.3) is 0 Å². The number of carbonyl (C=O) groups is 1. The van der Waals surface area contributed by atoms with Crippen LogP contribution in [0.3, 0.4) is 0 Å². The first-order valence-electron chi connectivity index (χ1n) is 8.62. The summed E-state index contributed by atoms with van der Waals surface area (Å²) in [6.45, 7) is 1.96. The van der Waals surface area contributed by atoms with E-state index in [0.29, 0.717) is 5.88 Å². The summed E-state index contributed by atoms with van der Waals surface area (Å²) < 4.78 is 33.0. The fourth-order valence-electron chi connectivity index (χ4n) is 2.97. The number of aromatic nitrogens is 1. The van der Waals surface area contributed by atoms with Gasteiger partial charge in [-0.1, -0.05) is 12.1 Å². The monoisotopic (exact) mass is 361 g/mol. The van der Waals surface area contributed by atoms with Crippen LogP contribution in [0.4, 0.5) is 19.3 Å². The first-order chi connectivity index (χ1) is 12.5. The molecule has 0 unspecified atom stereocenters. The molecule has 0 bridgehead atoms. The highest BCUT2D eigenvalue weighted by molar-refractivity contribution is 5.89. The number of halogens is 2. The number of carbonyl (C=O) groups excluding carboxylic acids is 1. The number of nitrogens with zero attached hydrogens (tertiary/aromatic N) is 1. The molecule has 0 saturated heterocycles. The van der Waals surface area contributed by atoms with Crippen molar-refractivity contribution in [3.05, 3.63) is 53.7 Å². The molecule has 0 spiro atoms. The Labute approximate surface area is 150 Å². The van der Waals surface area contributed by atoms with Crippen LogP contribution in [0.1, 0.15) is 31.2 Å². The van der Waals surface area contributed by atoms with E-state index < -0.39 is 23.4 Å². The van der Waals surface area contributed by atoms with Gasteiger partial charge >= 0.3 is 6.03 Å². The number of anilines is 1. The number of aryl methyl sites for hydroxylation is 1. The Morgan fingerprint density at radius 1 is 1.12 bits per heavy atom. The quantitative estimate of drug-likeness (QED) is 0.859. The maximum absolute atomic E-state index is 13.6. The van der Waals surface area contributed by atoms with Gasteiger partial charge in [0.05, 0.1) is 0 Å². The number of benzene rings is 1. The van der Waals surface area contributed by atoms with Gasteiger partial charge in [-0.05, 0) is 50.3 Å². The van der Waals surface area contributed by atoms with Crippen molar-refractivity contribution in [3.8, 4) is 5.88 Å². The molecule has 1 aliphatic carbocycles. The molecule has 7 heteroatoms. The number of ether oxygens (including phenoxy) is 1. The second kappa shape index (κ2) is 8.12. The Morgan fingerprint density at radius 3 is 2.42 bits per heavy atom. The van der Waals surface area contributed by atoms with Crippen LogP contribution in [-0.2, 0) is 0 Å². The van der Waals surface area contributed by atoms with Crippen LogP contribution in [0, 0.1) is 18.6 Å². The molecule has 0 atom stereocenters. The number of hydrogen-bond acceptors (Lipinski definition) is 3. The lowest BCUT2D eigenvalue weighted by molar-refractivity contribution is 0.135. The zero-order valence-electron chi connectivity index (χ0n) is 14.5. The van der Waals surface area contributed by atoms with Gasteiger partial charge < -0.3 is 15.4 Å². The molecule has 26 heavy (non-hydrogen) atoms. The summed E-state index contributed by atoms with van der Waals surface area (Å²) in [7, 11) is 0. The second-order valence-corrected chi connectivity index (χ2v) is 6.46. The summed E-state index contributed by atoms with van der Waals surface area (Å²) in [4.78, 5) is 16.2. The minimum Gasteiger partial charge on any atom is -0.474 e. The SMILES string of the molecule is Cc1ccc(OC2CCC(NC(=O)Nc3c(F)cccc3F)CC2)nc1. The van der Waals surface area contributed by atoms with Crippen LogP contribution in [-0.4, -0.2) is 23.2 Å². The molecule has 2 amide bonds. The van der Waals surface area contributed by atoms with Crippen molar-refractivity contribution in [2.24, 2.45) is 0 Å². The predicted molar refractivity (Wildman–Crippen MR) is 94.2 cm³/mol. The van der Waals surface area contributed by atoms with Crippen molar-refractivity contribution >= 4 is 11.7 Å². The summed E-state index contributed by atoms with van der Waals surface area (Å²) in [6, 6.07) is 6.56. The summed E-state index contributed by atoms with van der Waals surface area (Å²) in [5.41, 5.74) is 0.634. The third-order valence-corrected chi connectivity index (χ3v) is 4.38. The number of para-hydroxylation sites is 1. The molecular weight excluding hydrogens is 340 g/mol. The predicted octanol–water partition coefficient (Wildman–Crippen LogP) is 4.18. The van der Waals surface area contributed by atoms with E-state index in [9.17, 15) is 13.6 Å². The molecular formula is C19H21F2N3O2. The lowest BCUT2D eigenvalue weighted by Crippen LogP contribution is -2.42. The van der Waals surface area contributed by atoms with Gasteiger partial charge in [0.25, 0.3) is 0 Å². The molecule has 1 aromatic carbocycles. The molecule has 2 aromatic rings. The van der Waals surface area contributed by atoms with E-state index in [4.69, 9.17) is 4.74 Å². The van der Waals surface area contributed by atoms with Crippen LogP contribution in [0.5, 0.6) is 5.88 Å². The minimum absolute atomic E-state index is 0.0512. The number of hydrogen-bond donors (Lipinski definition) is 2. The standard InChI is InChI=1S/C19H21F2N3O2/c1-12-5-10-17(22-11-12)26-14-8-6-13(7-9-14)23-19(25)24-18-15(20)3-2-4-16(18)21/h2-5,10-11,13-14H,6-9H2,1H3,(H2,23,24,25). The summed E-state index contributed by atoms with van der Waals surface area (Å²) in [6.07, 6.45) is 4.81. The molecule has 3 rings (SSSR count). The van der Waals surface area contributed by atoms with Gasteiger partial charge in [-0.25, -0.2) is 18.6 Å². The van der Waals surface area contributed by atoms with E-state index in [1.54, 1.807) is 6.20 Å². The Hall–Kier alpha value is -2.70. The summed E-state index contributed by atoms with van der Waals surface area (Å²) in [5, 5.41) is 5.00. The van der Waals surface area contributed by atoms with E-state index in [-0.39, 0.29) is 12.1 Å². The van der Waals surface area contributed by atoms with Gasteiger partial charge in [0.2, 0.25) is 5.88 Å². The van der Waals surface area contributed by atoms with Crippen molar-refractivity contribution in [2.75, 3.05) is 5.32 Å². The van der Waals surface area contributed by atoms with E-state index in [2.05, 4.69) is 15.6 Å². The van der Waals surface area contributed by atoms with Gasteiger partial charge in [-0.15, -0.1) is 0 Å². The fraction of sp³-hybridized carbons (Fsp3) is 0.368. The highest BCUT2D eigenvalue weighted by Crippen LogP contribution is 2.23. The molecule has 0 radical (unpaired) electrons. The molecule has 5 nitrogen and oxygen atoms in total. The second-order valence-electron chi connectivity index (χ2n) is 6.46. The molecule has 2 N–H and O–H groups in total. The van der Waals surface area contributed by atoms with E-state index in [1.807, 2.05) is 19.1 Å². The van der Waals surface area contributed by atoms with Crippen molar-refractivity contribution < 1.29 is 18.3 Å². The number of urea groups is 1. The smallest absolute Gasteiger partial charge is 0.319 e. The molecule has 1 aliphatic rings. The Balaban J connectivity index is 1.46. The molecule has 1 fully saturated rings. The molecule has 138 valence electrons. The molecule has 1 saturated carbocycles. The molecule has 0 aliphatic heterocycles. The van der Waals surface area contributed by atoms with Gasteiger partial charge in [0.15, 0.2) is 0 Å².